The lowest BCUT2D eigenvalue weighted by atomic mass is 10.3. The van der Waals surface area contributed by atoms with Crippen LogP contribution in [0.25, 0.3) is 0 Å². The molecule has 0 amide bonds. The second-order valence-corrected chi connectivity index (χ2v) is 3.90. The quantitative estimate of drug-likeness (QED) is 0.865. The first-order chi connectivity index (χ1) is 8.72. The molecule has 0 spiro atoms. The molecule has 0 aromatic carbocycles. The van der Waals surface area contributed by atoms with Crippen molar-refractivity contribution in [1.82, 2.24) is 19.7 Å². The Morgan fingerprint density at radius 2 is 2.11 bits per heavy atom. The number of nitrogens with zero attached hydrogens (tertiary/aromatic N) is 4. The lowest BCUT2D eigenvalue weighted by Crippen LogP contribution is -2.04. The lowest BCUT2D eigenvalue weighted by Gasteiger charge is -2.03. The topological polar surface area (TPSA) is 64.9 Å². The number of nitrogens with one attached hydrogen (secondary N) is 1. The number of hydrogen-bond acceptors (Lipinski definition) is 5. The normalized spacial score (nSPS) is 10.4. The van der Waals surface area contributed by atoms with Gasteiger partial charge in [0, 0.05) is 24.9 Å². The van der Waals surface area contributed by atoms with Crippen LogP contribution in [0, 0.1) is 0 Å². The smallest absolute Gasteiger partial charge is 0.211 e. The largest absolute Gasteiger partial charge is 0.481 e. The third-order valence-corrected chi connectivity index (χ3v) is 2.63. The van der Waals surface area contributed by atoms with Crippen LogP contribution in [0.15, 0.2) is 18.5 Å². The van der Waals surface area contributed by atoms with Gasteiger partial charge in [-0.05, 0) is 6.42 Å². The number of anilines is 1. The zero-order valence-corrected chi connectivity index (χ0v) is 10.8. The van der Waals surface area contributed by atoms with E-state index < -0.39 is 0 Å². The molecule has 0 fully saturated rings. The van der Waals surface area contributed by atoms with Crippen LogP contribution in [0.3, 0.4) is 0 Å². The Hall–Kier alpha value is -2.11. The summed E-state index contributed by atoms with van der Waals surface area (Å²) >= 11 is 0. The van der Waals surface area contributed by atoms with Crippen molar-refractivity contribution in [2.24, 2.45) is 7.05 Å². The summed E-state index contributed by atoms with van der Waals surface area (Å²) in [6, 6.07) is 3.84. The average molecular weight is 247 g/mol. The van der Waals surface area contributed by atoms with Crippen LogP contribution in [-0.2, 0) is 20.0 Å². The Balaban J connectivity index is 2.01. The van der Waals surface area contributed by atoms with E-state index in [4.69, 9.17) is 4.74 Å². The van der Waals surface area contributed by atoms with Crippen LogP contribution in [-0.4, -0.2) is 26.9 Å². The van der Waals surface area contributed by atoms with E-state index >= 15 is 0 Å². The molecular formula is C12H17N5O. The Morgan fingerprint density at radius 3 is 2.78 bits per heavy atom. The molecule has 0 radical (unpaired) electrons. The average Bonchev–Trinajstić information content (AvgIpc) is 2.77. The molecule has 96 valence electrons. The first-order valence-corrected chi connectivity index (χ1v) is 5.84. The summed E-state index contributed by atoms with van der Waals surface area (Å²) in [4.78, 5) is 8.32. The van der Waals surface area contributed by atoms with E-state index in [2.05, 4.69) is 27.3 Å². The van der Waals surface area contributed by atoms with E-state index in [9.17, 15) is 0 Å². The summed E-state index contributed by atoms with van der Waals surface area (Å²) in [5.41, 5.74) is 1.93. The molecule has 0 aliphatic carbocycles. The van der Waals surface area contributed by atoms with Crippen molar-refractivity contribution in [1.29, 1.82) is 0 Å². The van der Waals surface area contributed by atoms with Gasteiger partial charge in [0.1, 0.15) is 12.1 Å². The molecule has 0 atom stereocenters. The fourth-order valence-corrected chi connectivity index (χ4v) is 1.65. The van der Waals surface area contributed by atoms with Crippen molar-refractivity contribution in [2.45, 2.75) is 19.9 Å². The molecule has 18 heavy (non-hydrogen) atoms. The molecule has 1 N–H and O–H groups in total. The summed E-state index contributed by atoms with van der Waals surface area (Å²) in [5, 5.41) is 7.54. The fraction of sp³-hybridized carbons (Fsp3) is 0.417. The second-order valence-electron chi connectivity index (χ2n) is 3.90. The monoisotopic (exact) mass is 247 g/mol. The molecule has 0 saturated carbocycles. The summed E-state index contributed by atoms with van der Waals surface area (Å²) in [5.74, 6) is 1.55. The van der Waals surface area contributed by atoms with Crippen LogP contribution >= 0.6 is 0 Å². The van der Waals surface area contributed by atoms with Gasteiger partial charge in [0.05, 0.1) is 19.3 Å². The molecule has 2 rings (SSSR count). The van der Waals surface area contributed by atoms with Crippen LogP contribution in [0.2, 0.25) is 0 Å². The van der Waals surface area contributed by atoms with Crippen LogP contribution in [0.5, 0.6) is 5.88 Å². The van der Waals surface area contributed by atoms with Gasteiger partial charge in [-0.25, -0.2) is 14.6 Å². The van der Waals surface area contributed by atoms with Gasteiger partial charge in [-0.1, -0.05) is 6.92 Å². The van der Waals surface area contributed by atoms with Gasteiger partial charge in [0.15, 0.2) is 0 Å². The van der Waals surface area contributed by atoms with E-state index in [0.717, 1.165) is 29.5 Å². The van der Waals surface area contributed by atoms with E-state index in [-0.39, 0.29) is 0 Å². The molecule has 2 aromatic heterocycles. The zero-order chi connectivity index (χ0) is 13.0. The van der Waals surface area contributed by atoms with Crippen molar-refractivity contribution in [2.75, 3.05) is 12.4 Å². The predicted molar refractivity (Wildman–Crippen MR) is 68.5 cm³/mol. The van der Waals surface area contributed by atoms with Gasteiger partial charge in [-0.2, -0.15) is 5.10 Å². The minimum Gasteiger partial charge on any atom is -0.481 e. The molecule has 0 saturated heterocycles. The highest BCUT2D eigenvalue weighted by atomic mass is 16.5. The Bertz CT molecular complexity index is 523. The first-order valence-electron chi connectivity index (χ1n) is 5.84. The molecule has 0 bridgehead atoms. The van der Waals surface area contributed by atoms with Gasteiger partial charge < -0.3 is 10.1 Å². The number of aryl methyl sites for hydroxylation is 2. The zero-order valence-electron chi connectivity index (χ0n) is 10.8. The maximum absolute atomic E-state index is 5.16. The van der Waals surface area contributed by atoms with Gasteiger partial charge >= 0.3 is 0 Å². The molecule has 2 heterocycles. The Labute approximate surface area is 106 Å². The van der Waals surface area contributed by atoms with Crippen LogP contribution in [0.4, 0.5) is 5.82 Å². The van der Waals surface area contributed by atoms with Crippen molar-refractivity contribution in [3.05, 3.63) is 29.8 Å². The molecule has 6 nitrogen and oxygen atoms in total. The van der Waals surface area contributed by atoms with Gasteiger partial charge in [-0.3, -0.25) is 0 Å². The predicted octanol–water partition coefficient (Wildman–Crippen LogP) is 1.39. The number of ether oxygens (including phenoxy) is 1. The van der Waals surface area contributed by atoms with Crippen molar-refractivity contribution < 1.29 is 4.74 Å². The second kappa shape index (κ2) is 5.48. The molecular weight excluding hydrogens is 230 g/mol. The standard InChI is InChI=1S/C12H17N5O/c1-4-9-5-11(15-8-14-9)13-7-10-6-12(18-3)17(2)16-10/h5-6,8H,4,7H2,1-3H3,(H,13,14,15). The summed E-state index contributed by atoms with van der Waals surface area (Å²) in [6.07, 6.45) is 2.47. The molecule has 0 aliphatic heterocycles. The van der Waals surface area contributed by atoms with E-state index in [1.807, 2.05) is 19.2 Å². The summed E-state index contributed by atoms with van der Waals surface area (Å²) in [7, 11) is 3.48. The third-order valence-electron chi connectivity index (χ3n) is 2.63. The third kappa shape index (κ3) is 2.77. The van der Waals surface area contributed by atoms with Gasteiger partial charge in [-0.15, -0.1) is 0 Å². The highest BCUT2D eigenvalue weighted by Gasteiger charge is 2.05. The SMILES string of the molecule is CCc1cc(NCc2cc(OC)n(C)n2)ncn1. The maximum Gasteiger partial charge on any atom is 0.211 e. The fourth-order valence-electron chi connectivity index (χ4n) is 1.65. The number of aromatic nitrogens is 4. The number of methoxy groups -OCH3 is 1. The van der Waals surface area contributed by atoms with Gasteiger partial charge in [0.25, 0.3) is 0 Å². The van der Waals surface area contributed by atoms with Crippen molar-refractivity contribution >= 4 is 5.82 Å². The first kappa shape index (κ1) is 12.3. The number of hydrogen-bond donors (Lipinski definition) is 1. The summed E-state index contributed by atoms with van der Waals surface area (Å²) in [6.45, 7) is 2.67. The Kier molecular flexibility index (Phi) is 3.76. The van der Waals surface area contributed by atoms with Gasteiger partial charge in [0.2, 0.25) is 5.88 Å². The van der Waals surface area contributed by atoms with Crippen molar-refractivity contribution in [3.63, 3.8) is 0 Å². The highest BCUT2D eigenvalue weighted by Crippen LogP contribution is 2.12. The Morgan fingerprint density at radius 1 is 1.28 bits per heavy atom. The number of rotatable bonds is 5. The highest BCUT2D eigenvalue weighted by molar-refractivity contribution is 5.35. The molecule has 6 heteroatoms. The lowest BCUT2D eigenvalue weighted by molar-refractivity contribution is 0.373. The van der Waals surface area contributed by atoms with Crippen molar-refractivity contribution in [3.8, 4) is 5.88 Å². The van der Waals surface area contributed by atoms with Crippen LogP contribution in [0.1, 0.15) is 18.3 Å². The van der Waals surface area contributed by atoms with E-state index in [0.29, 0.717) is 6.54 Å². The van der Waals surface area contributed by atoms with Crippen LogP contribution < -0.4 is 10.1 Å². The minimum atomic E-state index is 0.608. The van der Waals surface area contributed by atoms with E-state index in [1.54, 1.807) is 18.1 Å². The molecule has 0 unspecified atom stereocenters. The van der Waals surface area contributed by atoms with E-state index in [1.165, 1.54) is 0 Å². The summed E-state index contributed by atoms with van der Waals surface area (Å²) < 4.78 is 6.86. The molecule has 2 aromatic rings. The minimum absolute atomic E-state index is 0.608. The maximum atomic E-state index is 5.16. The molecule has 0 aliphatic rings.